The molecule has 2 rings (SSSR count). The molecular formula is C22H24N2O5. The lowest BCUT2D eigenvalue weighted by Crippen LogP contribution is -2.52. The highest BCUT2D eigenvalue weighted by Gasteiger charge is 2.26. The lowest BCUT2D eigenvalue weighted by molar-refractivity contribution is -0.142. The molecule has 7 nitrogen and oxygen atoms in total. The van der Waals surface area contributed by atoms with Gasteiger partial charge < -0.3 is 20.5 Å². The third kappa shape index (κ3) is 7.50. The lowest BCUT2D eigenvalue weighted by atomic mass is 10.0. The van der Waals surface area contributed by atoms with E-state index in [4.69, 9.17) is 4.74 Å². The highest BCUT2D eigenvalue weighted by Crippen LogP contribution is 2.06. The van der Waals surface area contributed by atoms with Crippen LogP contribution in [0.25, 0.3) is 0 Å². The summed E-state index contributed by atoms with van der Waals surface area (Å²) in [5, 5.41) is 14.2. The van der Waals surface area contributed by atoms with Gasteiger partial charge in [-0.15, -0.1) is 6.58 Å². The van der Waals surface area contributed by atoms with Crippen LogP contribution in [0.2, 0.25) is 0 Å². The van der Waals surface area contributed by atoms with Gasteiger partial charge in [-0.3, -0.25) is 4.79 Å². The minimum atomic E-state index is -1.18. The van der Waals surface area contributed by atoms with Gasteiger partial charge in [0, 0.05) is 6.42 Å². The maximum atomic E-state index is 12.7. The number of aliphatic carboxylic acids is 1. The van der Waals surface area contributed by atoms with Crippen molar-refractivity contribution in [1.29, 1.82) is 0 Å². The molecule has 0 aliphatic heterocycles. The van der Waals surface area contributed by atoms with E-state index in [1.807, 2.05) is 60.7 Å². The molecule has 0 saturated heterocycles. The van der Waals surface area contributed by atoms with Gasteiger partial charge in [-0.05, 0) is 17.5 Å². The predicted octanol–water partition coefficient (Wildman–Crippen LogP) is 2.67. The summed E-state index contributed by atoms with van der Waals surface area (Å²) in [6.45, 7) is 3.56. The molecule has 0 radical (unpaired) electrons. The number of benzene rings is 2. The number of hydrogen-bond donors (Lipinski definition) is 3. The zero-order chi connectivity index (χ0) is 21.1. The summed E-state index contributed by atoms with van der Waals surface area (Å²) >= 11 is 0. The Kier molecular flexibility index (Phi) is 8.44. The molecule has 0 heterocycles. The second-order valence-electron chi connectivity index (χ2n) is 6.37. The van der Waals surface area contributed by atoms with Crippen molar-refractivity contribution in [3.8, 4) is 0 Å². The van der Waals surface area contributed by atoms with Crippen molar-refractivity contribution in [2.45, 2.75) is 31.5 Å². The number of amides is 2. The van der Waals surface area contributed by atoms with Gasteiger partial charge >= 0.3 is 12.1 Å². The predicted molar refractivity (Wildman–Crippen MR) is 108 cm³/mol. The summed E-state index contributed by atoms with van der Waals surface area (Å²) in [7, 11) is 0. The van der Waals surface area contributed by atoms with Crippen LogP contribution in [0.4, 0.5) is 4.79 Å². The lowest BCUT2D eigenvalue weighted by Gasteiger charge is -2.21. The van der Waals surface area contributed by atoms with Gasteiger partial charge in [-0.25, -0.2) is 9.59 Å². The molecule has 0 aliphatic carbocycles. The quantitative estimate of drug-likeness (QED) is 0.536. The number of carbonyl (C=O) groups is 3. The first-order chi connectivity index (χ1) is 14.0. The molecular weight excluding hydrogens is 372 g/mol. The Balaban J connectivity index is 2.05. The van der Waals surface area contributed by atoms with E-state index in [9.17, 15) is 19.5 Å². The SMILES string of the molecule is C=CCC(NC(=O)[C@H](Cc1ccccc1)NC(=O)OCc1ccccc1)C(=O)O. The first-order valence-corrected chi connectivity index (χ1v) is 9.14. The maximum Gasteiger partial charge on any atom is 0.408 e. The number of ether oxygens (including phenoxy) is 1. The van der Waals surface area contributed by atoms with Crippen LogP contribution in [0.15, 0.2) is 73.3 Å². The number of rotatable bonds is 10. The first kappa shape index (κ1) is 21.7. The van der Waals surface area contributed by atoms with Crippen LogP contribution in [0, 0.1) is 0 Å². The van der Waals surface area contributed by atoms with Gasteiger partial charge in [0.2, 0.25) is 5.91 Å². The van der Waals surface area contributed by atoms with E-state index in [0.717, 1.165) is 11.1 Å². The van der Waals surface area contributed by atoms with Gasteiger partial charge in [0.05, 0.1) is 0 Å². The average Bonchev–Trinajstić information content (AvgIpc) is 2.73. The summed E-state index contributed by atoms with van der Waals surface area (Å²) in [5.74, 6) is -1.79. The molecule has 152 valence electrons. The second kappa shape index (κ2) is 11.3. The molecule has 0 saturated carbocycles. The molecule has 2 aromatic carbocycles. The Bertz CT molecular complexity index is 824. The van der Waals surface area contributed by atoms with E-state index in [0.29, 0.717) is 0 Å². The van der Waals surface area contributed by atoms with Crippen molar-refractivity contribution in [1.82, 2.24) is 10.6 Å². The minimum absolute atomic E-state index is 0.0561. The van der Waals surface area contributed by atoms with Crippen molar-refractivity contribution in [3.05, 3.63) is 84.4 Å². The normalized spacial score (nSPS) is 12.3. The van der Waals surface area contributed by atoms with Crippen LogP contribution in [0.1, 0.15) is 17.5 Å². The van der Waals surface area contributed by atoms with Gasteiger partial charge in [0.25, 0.3) is 0 Å². The van der Waals surface area contributed by atoms with E-state index >= 15 is 0 Å². The number of alkyl carbamates (subject to hydrolysis) is 1. The highest BCUT2D eigenvalue weighted by atomic mass is 16.5. The van der Waals surface area contributed by atoms with Gasteiger partial charge in [-0.1, -0.05) is 66.7 Å². The third-order valence-corrected chi connectivity index (χ3v) is 4.12. The Labute approximate surface area is 169 Å². The number of carboxylic acids is 1. The monoisotopic (exact) mass is 396 g/mol. The Morgan fingerprint density at radius 1 is 0.931 bits per heavy atom. The highest BCUT2D eigenvalue weighted by molar-refractivity contribution is 5.89. The van der Waals surface area contributed by atoms with Crippen molar-refractivity contribution >= 4 is 18.0 Å². The Hall–Kier alpha value is -3.61. The summed E-state index contributed by atoms with van der Waals surface area (Å²) in [6.07, 6.45) is 0.901. The zero-order valence-electron chi connectivity index (χ0n) is 15.9. The number of nitrogens with one attached hydrogen (secondary N) is 2. The molecule has 0 aliphatic rings. The molecule has 0 fully saturated rings. The zero-order valence-corrected chi connectivity index (χ0v) is 15.9. The van der Waals surface area contributed by atoms with Crippen molar-refractivity contribution < 1.29 is 24.2 Å². The van der Waals surface area contributed by atoms with E-state index in [-0.39, 0.29) is 19.4 Å². The molecule has 2 aromatic rings. The smallest absolute Gasteiger partial charge is 0.408 e. The standard InChI is InChI=1S/C22H24N2O5/c1-2-9-18(21(26)27)23-20(25)19(14-16-10-5-3-6-11-16)24-22(28)29-15-17-12-7-4-8-13-17/h2-8,10-13,18-19H,1,9,14-15H2,(H,23,25)(H,24,28)(H,26,27)/t18?,19-/m0/s1. The third-order valence-electron chi connectivity index (χ3n) is 4.12. The summed E-state index contributed by atoms with van der Waals surface area (Å²) in [5.41, 5.74) is 1.62. The molecule has 3 N–H and O–H groups in total. The van der Waals surface area contributed by atoms with Crippen molar-refractivity contribution in [2.75, 3.05) is 0 Å². The summed E-state index contributed by atoms with van der Waals surface area (Å²) < 4.78 is 5.18. The molecule has 2 atom stereocenters. The van der Waals surface area contributed by atoms with Crippen LogP contribution in [-0.4, -0.2) is 35.2 Å². The molecule has 0 aromatic heterocycles. The summed E-state index contributed by atoms with van der Waals surface area (Å²) in [4.78, 5) is 36.2. The Morgan fingerprint density at radius 3 is 2.07 bits per heavy atom. The Morgan fingerprint density at radius 2 is 1.52 bits per heavy atom. The first-order valence-electron chi connectivity index (χ1n) is 9.14. The summed E-state index contributed by atoms with van der Waals surface area (Å²) in [6, 6.07) is 16.1. The van der Waals surface area contributed by atoms with Gasteiger partial charge in [0.1, 0.15) is 18.7 Å². The fourth-order valence-electron chi connectivity index (χ4n) is 2.63. The van der Waals surface area contributed by atoms with Crippen LogP contribution >= 0.6 is 0 Å². The maximum absolute atomic E-state index is 12.7. The van der Waals surface area contributed by atoms with E-state index in [1.54, 1.807) is 0 Å². The molecule has 1 unspecified atom stereocenters. The molecule has 29 heavy (non-hydrogen) atoms. The number of carboxylic acid groups (broad SMARTS) is 1. The fraction of sp³-hybridized carbons (Fsp3) is 0.227. The van der Waals surface area contributed by atoms with E-state index in [1.165, 1.54) is 6.08 Å². The van der Waals surface area contributed by atoms with Gasteiger partial charge in [-0.2, -0.15) is 0 Å². The minimum Gasteiger partial charge on any atom is -0.480 e. The molecule has 7 heteroatoms. The number of carbonyl (C=O) groups excluding carboxylic acids is 2. The van der Waals surface area contributed by atoms with Crippen LogP contribution < -0.4 is 10.6 Å². The average molecular weight is 396 g/mol. The molecule has 0 bridgehead atoms. The van der Waals surface area contributed by atoms with Crippen LogP contribution in [0.3, 0.4) is 0 Å². The molecule has 2 amide bonds. The van der Waals surface area contributed by atoms with E-state index < -0.39 is 30.1 Å². The number of hydrogen-bond acceptors (Lipinski definition) is 4. The van der Waals surface area contributed by atoms with Crippen LogP contribution in [0.5, 0.6) is 0 Å². The topological polar surface area (TPSA) is 105 Å². The molecule has 0 spiro atoms. The van der Waals surface area contributed by atoms with Crippen molar-refractivity contribution in [3.63, 3.8) is 0 Å². The van der Waals surface area contributed by atoms with Gasteiger partial charge in [0.15, 0.2) is 0 Å². The van der Waals surface area contributed by atoms with Crippen molar-refractivity contribution in [2.24, 2.45) is 0 Å². The second-order valence-corrected chi connectivity index (χ2v) is 6.37. The fourth-order valence-corrected chi connectivity index (χ4v) is 2.63. The van der Waals surface area contributed by atoms with Crippen LogP contribution in [-0.2, 0) is 27.4 Å². The van der Waals surface area contributed by atoms with E-state index in [2.05, 4.69) is 17.2 Å². The largest absolute Gasteiger partial charge is 0.480 e.